The van der Waals surface area contributed by atoms with Gasteiger partial charge in [0.05, 0.1) is 30.6 Å². The zero-order valence-corrected chi connectivity index (χ0v) is 19.0. The van der Waals surface area contributed by atoms with E-state index in [1.54, 1.807) is 0 Å². The summed E-state index contributed by atoms with van der Waals surface area (Å²) in [6.45, 7) is 11.8. The Morgan fingerprint density at radius 3 is 2.50 bits per heavy atom. The molecule has 3 amide bonds. The molecular weight excluding hydrogens is 386 g/mol. The van der Waals surface area contributed by atoms with Crippen molar-refractivity contribution in [3.63, 3.8) is 0 Å². The van der Waals surface area contributed by atoms with Crippen LogP contribution in [0.4, 0.5) is 0 Å². The van der Waals surface area contributed by atoms with Crippen molar-refractivity contribution in [1.29, 1.82) is 0 Å². The van der Waals surface area contributed by atoms with Crippen LogP contribution in [0, 0.1) is 17.8 Å². The van der Waals surface area contributed by atoms with Crippen molar-refractivity contribution < 1.29 is 24.2 Å². The van der Waals surface area contributed by atoms with E-state index in [-0.39, 0.29) is 36.4 Å². The molecule has 3 aliphatic heterocycles. The molecule has 2 unspecified atom stereocenters. The van der Waals surface area contributed by atoms with Crippen LogP contribution in [0.2, 0.25) is 0 Å². The van der Waals surface area contributed by atoms with E-state index in [2.05, 4.69) is 10.6 Å². The summed E-state index contributed by atoms with van der Waals surface area (Å²) in [7, 11) is 0. The van der Waals surface area contributed by atoms with Gasteiger partial charge in [0, 0.05) is 12.1 Å². The third-order valence-electron chi connectivity index (χ3n) is 6.65. The average molecular weight is 424 g/mol. The first kappa shape index (κ1) is 23.0. The van der Waals surface area contributed by atoms with Crippen molar-refractivity contribution in [3.05, 3.63) is 0 Å². The van der Waals surface area contributed by atoms with E-state index in [1.165, 1.54) is 4.90 Å². The maximum absolute atomic E-state index is 13.7. The lowest BCUT2D eigenvalue weighted by Gasteiger charge is -2.39. The number of ether oxygens (including phenoxy) is 1. The van der Waals surface area contributed by atoms with Crippen LogP contribution < -0.4 is 10.6 Å². The molecule has 3 N–H and O–H groups in total. The van der Waals surface area contributed by atoms with E-state index < -0.39 is 35.1 Å². The predicted molar refractivity (Wildman–Crippen MR) is 111 cm³/mol. The third kappa shape index (κ3) is 3.62. The van der Waals surface area contributed by atoms with E-state index in [9.17, 15) is 19.5 Å². The Bertz CT molecular complexity index is 703. The largest absolute Gasteiger partial charge is 0.394 e. The Kier molecular flexibility index (Phi) is 6.22. The SMILES string of the molecule is CCCNC(=O)[C@@H]1[C@H]2C(=O)N([C@@H](CO)C(C)C)C(C(=O)NC(C)(C)C)C23CC[C@H]1O3. The van der Waals surface area contributed by atoms with Gasteiger partial charge in [-0.25, -0.2) is 0 Å². The molecule has 6 atom stereocenters. The van der Waals surface area contributed by atoms with Gasteiger partial charge in [0.1, 0.15) is 11.6 Å². The lowest BCUT2D eigenvalue weighted by atomic mass is 9.70. The number of carbonyl (C=O) groups excluding carboxylic acids is 3. The molecule has 3 saturated heterocycles. The molecule has 8 nitrogen and oxygen atoms in total. The van der Waals surface area contributed by atoms with Gasteiger partial charge >= 0.3 is 0 Å². The number of carbonyl (C=O) groups is 3. The molecule has 30 heavy (non-hydrogen) atoms. The quantitative estimate of drug-likeness (QED) is 0.562. The minimum atomic E-state index is -1.02. The molecule has 0 radical (unpaired) electrons. The second kappa shape index (κ2) is 8.11. The molecule has 3 fully saturated rings. The number of likely N-dealkylation sites (tertiary alicyclic amines) is 1. The molecule has 0 aromatic heterocycles. The topological polar surface area (TPSA) is 108 Å². The van der Waals surface area contributed by atoms with Gasteiger partial charge in [0.15, 0.2) is 0 Å². The fourth-order valence-electron chi connectivity index (χ4n) is 5.47. The van der Waals surface area contributed by atoms with Crippen LogP contribution in [0.3, 0.4) is 0 Å². The molecule has 0 aromatic rings. The van der Waals surface area contributed by atoms with E-state index in [1.807, 2.05) is 41.5 Å². The van der Waals surface area contributed by atoms with Crippen molar-refractivity contribution in [1.82, 2.24) is 15.5 Å². The number of aliphatic hydroxyl groups excluding tert-OH is 1. The lowest BCUT2D eigenvalue weighted by Crippen LogP contribution is -2.61. The van der Waals surface area contributed by atoms with Gasteiger partial charge < -0.3 is 25.4 Å². The monoisotopic (exact) mass is 423 g/mol. The number of hydrogen-bond acceptors (Lipinski definition) is 5. The Labute approximate surface area is 179 Å². The maximum Gasteiger partial charge on any atom is 0.246 e. The van der Waals surface area contributed by atoms with Crippen LogP contribution in [0.15, 0.2) is 0 Å². The Morgan fingerprint density at radius 2 is 1.97 bits per heavy atom. The highest BCUT2D eigenvalue weighted by molar-refractivity contribution is 5.99. The number of nitrogens with one attached hydrogen (secondary N) is 2. The smallest absolute Gasteiger partial charge is 0.246 e. The number of hydrogen-bond donors (Lipinski definition) is 3. The van der Waals surface area contributed by atoms with E-state index in [0.717, 1.165) is 6.42 Å². The molecule has 3 aliphatic rings. The van der Waals surface area contributed by atoms with Gasteiger partial charge in [-0.2, -0.15) is 0 Å². The molecule has 0 aromatic carbocycles. The van der Waals surface area contributed by atoms with Crippen LogP contribution >= 0.6 is 0 Å². The van der Waals surface area contributed by atoms with E-state index >= 15 is 0 Å². The standard InChI is InChI=1S/C22H37N3O5/c1-7-10-23-18(27)15-14-8-9-22(30-14)16(15)20(29)25(13(11-26)12(2)3)17(22)19(28)24-21(4,5)6/h12-17,26H,7-11H2,1-6H3,(H,23,27)(H,24,28)/t13-,14+,15-,16-,17?,22?/m0/s1. The fraction of sp³-hybridized carbons (Fsp3) is 0.864. The molecular formula is C22H37N3O5. The first-order valence-corrected chi connectivity index (χ1v) is 11.2. The van der Waals surface area contributed by atoms with Crippen molar-refractivity contribution in [2.24, 2.45) is 17.8 Å². The van der Waals surface area contributed by atoms with Crippen molar-refractivity contribution in [3.8, 4) is 0 Å². The van der Waals surface area contributed by atoms with E-state index in [4.69, 9.17) is 4.74 Å². The number of amides is 3. The molecule has 1 spiro atoms. The molecule has 0 saturated carbocycles. The Hall–Kier alpha value is -1.67. The highest BCUT2D eigenvalue weighted by Gasteiger charge is 2.75. The number of fused-ring (bicyclic) bond motifs is 1. The Balaban J connectivity index is 2.04. The van der Waals surface area contributed by atoms with Crippen molar-refractivity contribution in [2.45, 2.75) is 90.1 Å². The summed E-state index contributed by atoms with van der Waals surface area (Å²) in [5.74, 6) is -2.06. The van der Waals surface area contributed by atoms with Crippen LogP contribution in [0.1, 0.15) is 60.8 Å². The first-order chi connectivity index (χ1) is 14.0. The van der Waals surface area contributed by atoms with Crippen LogP contribution in [0.25, 0.3) is 0 Å². The number of rotatable bonds is 7. The normalized spacial score (nSPS) is 33.7. The average Bonchev–Trinajstić information content (AvgIpc) is 3.26. The number of nitrogens with zero attached hydrogens (tertiary/aromatic N) is 1. The Morgan fingerprint density at radius 1 is 1.30 bits per heavy atom. The molecule has 170 valence electrons. The summed E-state index contributed by atoms with van der Waals surface area (Å²) >= 11 is 0. The summed E-state index contributed by atoms with van der Waals surface area (Å²) in [6.07, 6.45) is 1.65. The first-order valence-electron chi connectivity index (χ1n) is 11.2. The molecule has 2 bridgehead atoms. The zero-order valence-electron chi connectivity index (χ0n) is 19.0. The summed E-state index contributed by atoms with van der Waals surface area (Å²) < 4.78 is 6.36. The van der Waals surface area contributed by atoms with Crippen molar-refractivity contribution >= 4 is 17.7 Å². The van der Waals surface area contributed by atoms with Gasteiger partial charge in [-0.15, -0.1) is 0 Å². The summed E-state index contributed by atoms with van der Waals surface area (Å²) in [4.78, 5) is 41.7. The molecule has 3 rings (SSSR count). The summed E-state index contributed by atoms with van der Waals surface area (Å²) in [6, 6.07) is -1.38. The van der Waals surface area contributed by atoms with Gasteiger partial charge in [-0.05, 0) is 46.0 Å². The fourth-order valence-corrected chi connectivity index (χ4v) is 5.47. The molecule has 3 heterocycles. The third-order valence-corrected chi connectivity index (χ3v) is 6.65. The molecule has 8 heteroatoms. The second-order valence-electron chi connectivity index (χ2n) is 10.3. The predicted octanol–water partition coefficient (Wildman–Crippen LogP) is 0.819. The highest BCUT2D eigenvalue weighted by atomic mass is 16.5. The van der Waals surface area contributed by atoms with Gasteiger partial charge in [0.2, 0.25) is 17.7 Å². The summed E-state index contributed by atoms with van der Waals surface area (Å²) in [5, 5.41) is 16.0. The highest BCUT2D eigenvalue weighted by Crippen LogP contribution is 2.59. The van der Waals surface area contributed by atoms with Gasteiger partial charge in [-0.1, -0.05) is 20.8 Å². The minimum absolute atomic E-state index is 0.0521. The van der Waals surface area contributed by atoms with Gasteiger partial charge in [0.25, 0.3) is 0 Å². The van der Waals surface area contributed by atoms with Gasteiger partial charge in [-0.3, -0.25) is 14.4 Å². The minimum Gasteiger partial charge on any atom is -0.394 e. The maximum atomic E-state index is 13.7. The van der Waals surface area contributed by atoms with Crippen LogP contribution in [-0.4, -0.2) is 70.2 Å². The van der Waals surface area contributed by atoms with Crippen LogP contribution in [0.5, 0.6) is 0 Å². The second-order valence-corrected chi connectivity index (χ2v) is 10.3. The van der Waals surface area contributed by atoms with E-state index in [0.29, 0.717) is 19.4 Å². The van der Waals surface area contributed by atoms with Crippen LogP contribution in [-0.2, 0) is 19.1 Å². The summed E-state index contributed by atoms with van der Waals surface area (Å²) in [5.41, 5.74) is -1.50. The lowest BCUT2D eigenvalue weighted by molar-refractivity contribution is -0.147. The molecule has 0 aliphatic carbocycles. The zero-order chi connectivity index (χ0) is 22.4. The van der Waals surface area contributed by atoms with Crippen molar-refractivity contribution in [2.75, 3.05) is 13.2 Å². The number of aliphatic hydroxyl groups is 1.